The molecule has 1 saturated heterocycles. The Morgan fingerprint density at radius 3 is 2.67 bits per heavy atom. The zero-order valence-corrected chi connectivity index (χ0v) is 6.29. The van der Waals surface area contributed by atoms with E-state index in [0.29, 0.717) is 0 Å². The van der Waals surface area contributed by atoms with E-state index in [1.807, 2.05) is 0 Å². The minimum absolute atomic E-state index is 0.0823. The van der Waals surface area contributed by atoms with Gasteiger partial charge in [-0.05, 0) is 0 Å². The molecule has 1 aliphatic heterocycles. The molecule has 6 nitrogen and oxygen atoms in total. The van der Waals surface area contributed by atoms with Gasteiger partial charge in [-0.1, -0.05) is 0 Å². The maximum absolute atomic E-state index is 10.8. The van der Waals surface area contributed by atoms with E-state index in [1.54, 1.807) is 0 Å². The summed E-state index contributed by atoms with van der Waals surface area (Å²) in [5.74, 6) is -1.44. The Labute approximate surface area is 68.5 Å². The number of nitrogens with two attached hydrogens (primary N) is 1. The lowest BCUT2D eigenvalue weighted by molar-refractivity contribution is -0.127. The summed E-state index contributed by atoms with van der Waals surface area (Å²) in [6.45, 7) is -0.0946. The van der Waals surface area contributed by atoms with Gasteiger partial charge in [0.05, 0.1) is 13.0 Å². The Kier molecular flexibility index (Phi) is 2.27. The minimum atomic E-state index is -0.875. The number of rotatable bonds is 1. The van der Waals surface area contributed by atoms with E-state index in [2.05, 4.69) is 10.6 Å². The van der Waals surface area contributed by atoms with Crippen LogP contribution >= 0.6 is 0 Å². The van der Waals surface area contributed by atoms with Crippen molar-refractivity contribution in [3.63, 3.8) is 0 Å². The summed E-state index contributed by atoms with van der Waals surface area (Å²) in [7, 11) is 0. The standard InChI is InChI=1S/C6H9N3O3/c7-6(12)3-1-4(10)8-2-5(11)9-3/h3H,1-2H2,(H2,7,12)(H,8,10)(H,9,11). The second kappa shape index (κ2) is 3.21. The molecular weight excluding hydrogens is 162 g/mol. The van der Waals surface area contributed by atoms with Gasteiger partial charge in [0.2, 0.25) is 17.7 Å². The summed E-state index contributed by atoms with van der Waals surface area (Å²) in [6, 6.07) is -0.875. The van der Waals surface area contributed by atoms with E-state index in [0.717, 1.165) is 0 Å². The molecule has 1 heterocycles. The average Bonchev–Trinajstić information content (AvgIpc) is 2.13. The predicted octanol–water partition coefficient (Wildman–Crippen LogP) is -2.52. The molecule has 0 spiro atoms. The van der Waals surface area contributed by atoms with E-state index < -0.39 is 17.9 Å². The van der Waals surface area contributed by atoms with Crippen LogP contribution < -0.4 is 16.4 Å². The van der Waals surface area contributed by atoms with Gasteiger partial charge in [-0.3, -0.25) is 14.4 Å². The lowest BCUT2D eigenvalue weighted by Gasteiger charge is -2.08. The summed E-state index contributed by atoms with van der Waals surface area (Å²) in [5, 5.41) is 4.63. The van der Waals surface area contributed by atoms with Crippen LogP contribution in [0.2, 0.25) is 0 Å². The molecule has 6 heteroatoms. The number of primary amides is 1. The Hall–Kier alpha value is -1.59. The van der Waals surface area contributed by atoms with Gasteiger partial charge in [0.15, 0.2) is 0 Å². The SMILES string of the molecule is NC(=O)C1CC(=O)NCC(=O)N1. The number of carbonyl (C=O) groups is 3. The van der Waals surface area contributed by atoms with Crippen molar-refractivity contribution in [3.05, 3.63) is 0 Å². The van der Waals surface area contributed by atoms with Crippen molar-refractivity contribution < 1.29 is 14.4 Å². The Bertz CT molecular complexity index is 220. The Balaban J connectivity index is 2.68. The summed E-state index contributed by atoms with van der Waals surface area (Å²) >= 11 is 0. The Morgan fingerprint density at radius 2 is 2.08 bits per heavy atom. The Morgan fingerprint density at radius 1 is 1.42 bits per heavy atom. The molecule has 1 fully saturated rings. The third kappa shape index (κ3) is 1.94. The van der Waals surface area contributed by atoms with Gasteiger partial charge in [-0.25, -0.2) is 0 Å². The van der Waals surface area contributed by atoms with Gasteiger partial charge in [0.1, 0.15) is 6.04 Å². The fourth-order valence-electron chi connectivity index (χ4n) is 0.905. The van der Waals surface area contributed by atoms with Gasteiger partial charge in [0.25, 0.3) is 0 Å². The molecule has 0 aromatic carbocycles. The molecule has 1 unspecified atom stereocenters. The average molecular weight is 171 g/mol. The maximum Gasteiger partial charge on any atom is 0.240 e. The van der Waals surface area contributed by atoms with Crippen LogP contribution in [0.25, 0.3) is 0 Å². The highest BCUT2D eigenvalue weighted by molar-refractivity contribution is 5.95. The molecule has 0 saturated carbocycles. The van der Waals surface area contributed by atoms with Crippen molar-refractivity contribution in [2.45, 2.75) is 12.5 Å². The number of hydrogen-bond acceptors (Lipinski definition) is 3. The van der Waals surface area contributed by atoms with Gasteiger partial charge in [-0.15, -0.1) is 0 Å². The highest BCUT2D eigenvalue weighted by atomic mass is 16.2. The zero-order valence-electron chi connectivity index (χ0n) is 6.29. The molecule has 4 N–H and O–H groups in total. The van der Waals surface area contributed by atoms with E-state index in [4.69, 9.17) is 5.73 Å². The fourth-order valence-corrected chi connectivity index (χ4v) is 0.905. The van der Waals surface area contributed by atoms with E-state index in [-0.39, 0.29) is 18.9 Å². The molecular formula is C6H9N3O3. The van der Waals surface area contributed by atoms with E-state index in [9.17, 15) is 14.4 Å². The summed E-state index contributed by atoms with van der Waals surface area (Å²) in [4.78, 5) is 32.3. The van der Waals surface area contributed by atoms with Crippen molar-refractivity contribution in [1.82, 2.24) is 10.6 Å². The molecule has 0 aliphatic carbocycles. The van der Waals surface area contributed by atoms with Gasteiger partial charge in [-0.2, -0.15) is 0 Å². The first-order valence-electron chi connectivity index (χ1n) is 3.45. The molecule has 12 heavy (non-hydrogen) atoms. The van der Waals surface area contributed by atoms with Crippen LogP contribution in [0.4, 0.5) is 0 Å². The van der Waals surface area contributed by atoms with Crippen LogP contribution in [-0.2, 0) is 14.4 Å². The van der Waals surface area contributed by atoms with Crippen molar-refractivity contribution in [1.29, 1.82) is 0 Å². The maximum atomic E-state index is 10.8. The van der Waals surface area contributed by atoms with Gasteiger partial charge < -0.3 is 16.4 Å². The topological polar surface area (TPSA) is 101 Å². The number of carbonyl (C=O) groups excluding carboxylic acids is 3. The van der Waals surface area contributed by atoms with Crippen molar-refractivity contribution >= 4 is 17.7 Å². The third-order valence-corrected chi connectivity index (χ3v) is 1.51. The third-order valence-electron chi connectivity index (χ3n) is 1.51. The first-order chi connectivity index (χ1) is 5.59. The molecule has 1 rings (SSSR count). The van der Waals surface area contributed by atoms with Crippen LogP contribution in [0.1, 0.15) is 6.42 Å². The van der Waals surface area contributed by atoms with Gasteiger partial charge in [0, 0.05) is 0 Å². The lowest BCUT2D eigenvalue weighted by Crippen LogP contribution is -2.44. The van der Waals surface area contributed by atoms with Gasteiger partial charge >= 0.3 is 0 Å². The largest absolute Gasteiger partial charge is 0.368 e. The normalized spacial score (nSPS) is 23.8. The highest BCUT2D eigenvalue weighted by Crippen LogP contribution is 1.94. The number of nitrogens with one attached hydrogen (secondary N) is 2. The van der Waals surface area contributed by atoms with Crippen LogP contribution in [-0.4, -0.2) is 30.3 Å². The fraction of sp³-hybridized carbons (Fsp3) is 0.500. The van der Waals surface area contributed by atoms with E-state index in [1.165, 1.54) is 0 Å². The minimum Gasteiger partial charge on any atom is -0.368 e. The first-order valence-corrected chi connectivity index (χ1v) is 3.45. The molecule has 1 atom stereocenters. The molecule has 0 aromatic rings. The highest BCUT2D eigenvalue weighted by Gasteiger charge is 2.24. The molecule has 1 aliphatic rings. The quantitative estimate of drug-likeness (QED) is 0.405. The van der Waals surface area contributed by atoms with Crippen molar-refractivity contribution in [3.8, 4) is 0 Å². The van der Waals surface area contributed by atoms with Crippen molar-refractivity contribution in [2.24, 2.45) is 5.73 Å². The lowest BCUT2D eigenvalue weighted by atomic mass is 10.2. The predicted molar refractivity (Wildman–Crippen MR) is 38.8 cm³/mol. The second-order valence-electron chi connectivity index (χ2n) is 2.50. The van der Waals surface area contributed by atoms with Crippen LogP contribution in [0.3, 0.4) is 0 Å². The summed E-state index contributed by atoms with van der Waals surface area (Å²) in [6.07, 6.45) is -0.0823. The monoisotopic (exact) mass is 171 g/mol. The molecule has 3 amide bonds. The second-order valence-corrected chi connectivity index (χ2v) is 2.50. The molecule has 0 bridgehead atoms. The number of amides is 3. The van der Waals surface area contributed by atoms with Crippen LogP contribution in [0, 0.1) is 0 Å². The smallest absolute Gasteiger partial charge is 0.240 e. The molecule has 0 radical (unpaired) electrons. The summed E-state index contributed by atoms with van der Waals surface area (Å²) < 4.78 is 0. The molecule has 0 aromatic heterocycles. The number of hydrogen-bond donors (Lipinski definition) is 3. The first kappa shape index (κ1) is 8.51. The van der Waals surface area contributed by atoms with E-state index >= 15 is 0 Å². The molecule has 66 valence electrons. The zero-order chi connectivity index (χ0) is 9.14. The summed E-state index contributed by atoms with van der Waals surface area (Å²) in [5.41, 5.74) is 4.93. The van der Waals surface area contributed by atoms with Crippen molar-refractivity contribution in [2.75, 3.05) is 6.54 Å². The van der Waals surface area contributed by atoms with Crippen LogP contribution in [0.5, 0.6) is 0 Å². The van der Waals surface area contributed by atoms with Crippen LogP contribution in [0.15, 0.2) is 0 Å².